The summed E-state index contributed by atoms with van der Waals surface area (Å²) in [5.41, 5.74) is 5.02. The number of anilines is 1. The zero-order chi connectivity index (χ0) is 8.27. The summed E-state index contributed by atoms with van der Waals surface area (Å²) in [6.45, 7) is 1.68. The molecule has 1 aromatic heterocycles. The molecule has 0 unspecified atom stereocenters. The Labute approximate surface area is 64.0 Å². The van der Waals surface area contributed by atoms with Gasteiger partial charge in [0.25, 0.3) is 0 Å². The number of hydrogen-bond acceptors (Lipinski definition) is 3. The molecule has 5 nitrogen and oxygen atoms in total. The van der Waals surface area contributed by atoms with Crippen LogP contribution in [0.15, 0.2) is 12.3 Å². The normalized spacial score (nSPS) is 12.5. The topological polar surface area (TPSA) is 83.8 Å². The lowest BCUT2D eigenvalue weighted by Gasteiger charge is -2.07. The number of nitrogens with one attached hydrogen (secondary N) is 2. The van der Waals surface area contributed by atoms with Gasteiger partial charge in [0.05, 0.1) is 6.20 Å². The number of nitrogens with two attached hydrogens (primary N) is 1. The fourth-order valence-corrected chi connectivity index (χ4v) is 0.641. The van der Waals surface area contributed by atoms with Crippen molar-refractivity contribution in [3.8, 4) is 0 Å². The van der Waals surface area contributed by atoms with Crippen LogP contribution < -0.4 is 11.1 Å². The van der Waals surface area contributed by atoms with E-state index < -0.39 is 0 Å². The summed E-state index contributed by atoms with van der Waals surface area (Å²) in [5.74, 6) is 0.302. The number of amides is 1. The van der Waals surface area contributed by atoms with E-state index in [4.69, 9.17) is 5.73 Å². The highest BCUT2D eigenvalue weighted by molar-refractivity contribution is 5.82. The molecule has 0 aliphatic rings. The van der Waals surface area contributed by atoms with Gasteiger partial charge in [-0.3, -0.25) is 9.89 Å². The molecule has 11 heavy (non-hydrogen) atoms. The van der Waals surface area contributed by atoms with Crippen molar-refractivity contribution in [3.63, 3.8) is 0 Å². The molecular weight excluding hydrogens is 144 g/mol. The lowest BCUT2D eigenvalue weighted by molar-refractivity contribution is -0.118. The molecule has 0 saturated carbocycles. The summed E-state index contributed by atoms with van der Waals surface area (Å²) in [4.78, 5) is 10.6. The fraction of sp³-hybridized carbons (Fsp3) is 0.333. The smallest absolute Gasteiger partial charge is 0.239 e. The van der Waals surface area contributed by atoms with Gasteiger partial charge in [0.1, 0.15) is 11.9 Å². The fourth-order valence-electron chi connectivity index (χ4n) is 0.641. The third kappa shape index (κ3) is 1.96. The summed E-state index contributed by atoms with van der Waals surface area (Å²) >= 11 is 0. The van der Waals surface area contributed by atoms with Gasteiger partial charge in [-0.05, 0) is 13.0 Å². The molecule has 0 saturated heterocycles. The van der Waals surface area contributed by atoms with Crippen LogP contribution in [0.5, 0.6) is 0 Å². The zero-order valence-corrected chi connectivity index (χ0v) is 6.16. The van der Waals surface area contributed by atoms with Crippen LogP contribution in [0.3, 0.4) is 0 Å². The molecule has 0 radical (unpaired) electrons. The first-order valence-corrected chi connectivity index (χ1v) is 3.25. The van der Waals surface area contributed by atoms with Gasteiger partial charge < -0.3 is 11.1 Å². The van der Waals surface area contributed by atoms with Crippen LogP contribution >= 0.6 is 0 Å². The summed E-state index contributed by atoms with van der Waals surface area (Å²) in [6.07, 6.45) is 1.59. The standard InChI is InChI=1S/C6H10N4O/c1-4(6(7)11)9-5-2-3-8-10-5/h2-4H,1H3,(H2,7,11)(H2,8,9,10)/t4-/m0/s1. The van der Waals surface area contributed by atoms with Gasteiger partial charge >= 0.3 is 0 Å². The van der Waals surface area contributed by atoms with Crippen molar-refractivity contribution in [3.05, 3.63) is 12.3 Å². The summed E-state index contributed by atoms with van der Waals surface area (Å²) in [6, 6.07) is 1.34. The first-order valence-electron chi connectivity index (χ1n) is 3.25. The summed E-state index contributed by atoms with van der Waals surface area (Å²) < 4.78 is 0. The molecule has 1 atom stereocenters. The molecule has 0 fully saturated rings. The van der Waals surface area contributed by atoms with Crippen LogP contribution in [0.4, 0.5) is 5.82 Å². The lowest BCUT2D eigenvalue weighted by Crippen LogP contribution is -2.32. The molecule has 0 bridgehead atoms. The molecule has 0 aliphatic carbocycles. The Balaban J connectivity index is 2.50. The lowest BCUT2D eigenvalue weighted by atomic mass is 10.3. The van der Waals surface area contributed by atoms with Crippen LogP contribution in [0.25, 0.3) is 0 Å². The van der Waals surface area contributed by atoms with Gasteiger partial charge in [0.2, 0.25) is 5.91 Å². The SMILES string of the molecule is C[C@H](Nc1ccn[nH]1)C(N)=O. The van der Waals surface area contributed by atoms with Crippen LogP contribution in [-0.2, 0) is 4.79 Å². The molecule has 60 valence electrons. The van der Waals surface area contributed by atoms with Gasteiger partial charge in [-0.15, -0.1) is 0 Å². The number of hydrogen-bond donors (Lipinski definition) is 3. The van der Waals surface area contributed by atoms with E-state index in [0.29, 0.717) is 5.82 Å². The molecule has 5 heteroatoms. The van der Waals surface area contributed by atoms with Gasteiger partial charge in [-0.1, -0.05) is 0 Å². The van der Waals surface area contributed by atoms with Crippen molar-refractivity contribution in [1.29, 1.82) is 0 Å². The predicted molar refractivity (Wildman–Crippen MR) is 40.9 cm³/mol. The van der Waals surface area contributed by atoms with Crippen molar-refractivity contribution in [1.82, 2.24) is 10.2 Å². The van der Waals surface area contributed by atoms with Crippen molar-refractivity contribution in [2.75, 3.05) is 5.32 Å². The highest BCUT2D eigenvalue weighted by Gasteiger charge is 2.07. The second-order valence-electron chi connectivity index (χ2n) is 2.24. The quantitative estimate of drug-likeness (QED) is 0.558. The molecule has 0 spiro atoms. The number of nitrogens with zero attached hydrogens (tertiary/aromatic N) is 1. The predicted octanol–water partition coefficient (Wildman–Crippen LogP) is -0.305. The number of primary amides is 1. The second kappa shape index (κ2) is 3.05. The highest BCUT2D eigenvalue weighted by Crippen LogP contribution is 2.00. The third-order valence-electron chi connectivity index (χ3n) is 1.30. The van der Waals surface area contributed by atoms with Gasteiger partial charge in [0.15, 0.2) is 0 Å². The molecular formula is C6H10N4O. The van der Waals surface area contributed by atoms with Crippen molar-refractivity contribution in [2.24, 2.45) is 5.73 Å². The molecule has 4 N–H and O–H groups in total. The van der Waals surface area contributed by atoms with E-state index in [9.17, 15) is 4.79 Å². The largest absolute Gasteiger partial charge is 0.368 e. The number of carbonyl (C=O) groups excluding carboxylic acids is 1. The minimum Gasteiger partial charge on any atom is -0.368 e. The Morgan fingerprint density at radius 3 is 3.09 bits per heavy atom. The molecule has 0 aliphatic heterocycles. The molecule has 1 heterocycles. The monoisotopic (exact) mass is 154 g/mol. The van der Waals surface area contributed by atoms with E-state index >= 15 is 0 Å². The maximum atomic E-state index is 10.6. The first-order chi connectivity index (χ1) is 5.20. The maximum Gasteiger partial charge on any atom is 0.239 e. The van der Waals surface area contributed by atoms with E-state index in [-0.39, 0.29) is 11.9 Å². The Bertz CT molecular complexity index is 231. The number of carbonyl (C=O) groups is 1. The number of aromatic amines is 1. The van der Waals surface area contributed by atoms with Crippen LogP contribution in [-0.4, -0.2) is 22.1 Å². The zero-order valence-electron chi connectivity index (χ0n) is 6.16. The maximum absolute atomic E-state index is 10.6. The molecule has 1 amide bonds. The Morgan fingerprint density at radius 2 is 2.64 bits per heavy atom. The second-order valence-corrected chi connectivity index (χ2v) is 2.24. The van der Waals surface area contributed by atoms with E-state index in [1.807, 2.05) is 0 Å². The number of aromatic nitrogens is 2. The molecule has 0 aromatic carbocycles. The van der Waals surface area contributed by atoms with Crippen molar-refractivity contribution in [2.45, 2.75) is 13.0 Å². The minimum absolute atomic E-state index is 0.379. The molecule has 1 rings (SSSR count). The summed E-state index contributed by atoms with van der Waals surface area (Å²) in [7, 11) is 0. The minimum atomic E-state index is -0.389. The first kappa shape index (κ1) is 7.59. The van der Waals surface area contributed by atoms with E-state index in [2.05, 4.69) is 15.5 Å². The average Bonchev–Trinajstić information content (AvgIpc) is 2.39. The average molecular weight is 154 g/mol. The Hall–Kier alpha value is -1.52. The van der Waals surface area contributed by atoms with Crippen LogP contribution in [0.1, 0.15) is 6.92 Å². The third-order valence-corrected chi connectivity index (χ3v) is 1.30. The van der Waals surface area contributed by atoms with Crippen LogP contribution in [0, 0.1) is 0 Å². The van der Waals surface area contributed by atoms with E-state index in [1.165, 1.54) is 0 Å². The van der Waals surface area contributed by atoms with Crippen molar-refractivity contribution < 1.29 is 4.79 Å². The van der Waals surface area contributed by atoms with Crippen LogP contribution in [0.2, 0.25) is 0 Å². The van der Waals surface area contributed by atoms with Gasteiger partial charge in [-0.2, -0.15) is 5.10 Å². The Morgan fingerprint density at radius 1 is 1.91 bits per heavy atom. The van der Waals surface area contributed by atoms with Crippen molar-refractivity contribution >= 4 is 11.7 Å². The summed E-state index contributed by atoms with van der Waals surface area (Å²) in [5, 5.41) is 9.18. The van der Waals surface area contributed by atoms with E-state index in [0.717, 1.165) is 0 Å². The van der Waals surface area contributed by atoms with Gasteiger partial charge in [0, 0.05) is 0 Å². The van der Waals surface area contributed by atoms with Gasteiger partial charge in [-0.25, -0.2) is 0 Å². The molecule has 1 aromatic rings. The Kier molecular flexibility index (Phi) is 2.10. The van der Waals surface area contributed by atoms with E-state index in [1.54, 1.807) is 19.2 Å². The number of H-pyrrole nitrogens is 1. The highest BCUT2D eigenvalue weighted by atomic mass is 16.1. The number of rotatable bonds is 3.